The third-order valence-corrected chi connectivity index (χ3v) is 2.65. The van der Waals surface area contributed by atoms with E-state index in [2.05, 4.69) is 4.74 Å². The van der Waals surface area contributed by atoms with Crippen LogP contribution in [0.1, 0.15) is 17.3 Å². The van der Waals surface area contributed by atoms with Gasteiger partial charge in [0.15, 0.2) is 5.78 Å². The number of likely N-dealkylation sites (N-methyl/N-ethyl adjacent to an activating group) is 1. The van der Waals surface area contributed by atoms with E-state index in [9.17, 15) is 14.7 Å². The average Bonchev–Trinajstić information content (AvgIpc) is 2.37. The van der Waals surface area contributed by atoms with Crippen LogP contribution in [0, 0.1) is 0 Å². The van der Waals surface area contributed by atoms with E-state index in [1.165, 1.54) is 14.0 Å². The van der Waals surface area contributed by atoms with Gasteiger partial charge in [0.25, 0.3) is 0 Å². The molecule has 18 heavy (non-hydrogen) atoms. The van der Waals surface area contributed by atoms with Gasteiger partial charge < -0.3 is 14.7 Å². The highest BCUT2D eigenvalue weighted by Gasteiger charge is 2.13. The van der Waals surface area contributed by atoms with Crippen molar-refractivity contribution in [2.24, 2.45) is 0 Å². The number of carbonyl (C=O) groups excluding carboxylic acids is 2. The number of ketones is 1. The number of aliphatic hydroxyl groups is 1. The Morgan fingerprint density at radius 2 is 1.89 bits per heavy atom. The molecule has 0 fully saturated rings. The lowest BCUT2D eigenvalue weighted by Crippen LogP contribution is -2.33. The van der Waals surface area contributed by atoms with Crippen LogP contribution in [0.4, 0.5) is 5.69 Å². The zero-order valence-electron chi connectivity index (χ0n) is 10.7. The minimum atomic E-state index is -1.00. The van der Waals surface area contributed by atoms with Crippen molar-refractivity contribution in [3.8, 4) is 0 Å². The first-order chi connectivity index (χ1) is 8.45. The SMILES string of the molecule is COC(=O)c1ccc(N(C)CC(O)C(C)=O)cc1. The quantitative estimate of drug-likeness (QED) is 0.786. The molecule has 1 aromatic carbocycles. The monoisotopic (exact) mass is 251 g/mol. The predicted octanol–water partition coefficient (Wildman–Crippen LogP) is 0.859. The van der Waals surface area contributed by atoms with Gasteiger partial charge in [-0.05, 0) is 31.2 Å². The number of anilines is 1. The summed E-state index contributed by atoms with van der Waals surface area (Å²) >= 11 is 0. The summed E-state index contributed by atoms with van der Waals surface area (Å²) in [6.45, 7) is 1.56. The van der Waals surface area contributed by atoms with E-state index < -0.39 is 12.1 Å². The van der Waals surface area contributed by atoms with E-state index in [-0.39, 0.29) is 12.3 Å². The molecule has 0 amide bonds. The maximum atomic E-state index is 11.2. The number of carbonyl (C=O) groups is 2. The van der Waals surface area contributed by atoms with Crippen LogP contribution in [0.2, 0.25) is 0 Å². The minimum Gasteiger partial charge on any atom is -0.465 e. The molecule has 0 heterocycles. The summed E-state index contributed by atoms with van der Waals surface area (Å²) in [6, 6.07) is 6.74. The second kappa shape index (κ2) is 6.16. The highest BCUT2D eigenvalue weighted by molar-refractivity contribution is 5.89. The summed E-state index contributed by atoms with van der Waals surface area (Å²) in [5, 5.41) is 9.47. The third-order valence-electron chi connectivity index (χ3n) is 2.65. The number of Topliss-reactive ketones (excluding diaryl/α,β-unsaturated/α-hetero) is 1. The molecule has 98 valence electrons. The summed E-state index contributed by atoms with van der Waals surface area (Å²) in [5.74, 6) is -0.666. The molecular formula is C13H17NO4. The highest BCUT2D eigenvalue weighted by Crippen LogP contribution is 2.14. The molecule has 0 aliphatic carbocycles. The number of hydrogen-bond acceptors (Lipinski definition) is 5. The standard InChI is InChI=1S/C13H17NO4/c1-9(15)12(16)8-14(2)11-6-4-10(5-7-11)13(17)18-3/h4-7,12,16H,8H2,1-3H3. The molecule has 0 aliphatic rings. The van der Waals surface area contributed by atoms with E-state index in [0.717, 1.165) is 5.69 Å². The predicted molar refractivity (Wildman–Crippen MR) is 67.7 cm³/mol. The molecule has 1 atom stereocenters. The van der Waals surface area contributed by atoms with Crippen molar-refractivity contribution in [3.05, 3.63) is 29.8 Å². The molecule has 1 aromatic rings. The molecule has 1 unspecified atom stereocenters. The molecule has 0 aliphatic heterocycles. The van der Waals surface area contributed by atoms with Crippen molar-refractivity contribution in [1.29, 1.82) is 0 Å². The lowest BCUT2D eigenvalue weighted by atomic mass is 10.2. The van der Waals surface area contributed by atoms with Gasteiger partial charge in [0.2, 0.25) is 0 Å². The Bertz CT molecular complexity index is 427. The van der Waals surface area contributed by atoms with Gasteiger partial charge in [0.1, 0.15) is 6.10 Å². The molecule has 5 nitrogen and oxygen atoms in total. The summed E-state index contributed by atoms with van der Waals surface area (Å²) in [7, 11) is 3.09. The first-order valence-electron chi connectivity index (χ1n) is 5.53. The molecule has 0 saturated carbocycles. The zero-order chi connectivity index (χ0) is 13.7. The Kier molecular flexibility index (Phi) is 4.85. The van der Waals surface area contributed by atoms with Gasteiger partial charge in [0, 0.05) is 12.7 Å². The van der Waals surface area contributed by atoms with Crippen LogP contribution in [-0.2, 0) is 9.53 Å². The van der Waals surface area contributed by atoms with Crippen LogP contribution in [0.5, 0.6) is 0 Å². The Hall–Kier alpha value is -1.88. The fourth-order valence-electron chi connectivity index (χ4n) is 1.46. The number of methoxy groups -OCH3 is 1. The van der Waals surface area contributed by atoms with Crippen LogP contribution in [0.3, 0.4) is 0 Å². The van der Waals surface area contributed by atoms with Crippen LogP contribution in [0.15, 0.2) is 24.3 Å². The van der Waals surface area contributed by atoms with Crippen LogP contribution in [0.25, 0.3) is 0 Å². The largest absolute Gasteiger partial charge is 0.465 e. The van der Waals surface area contributed by atoms with Crippen molar-refractivity contribution in [3.63, 3.8) is 0 Å². The van der Waals surface area contributed by atoms with Gasteiger partial charge in [-0.1, -0.05) is 0 Å². The number of ether oxygens (including phenoxy) is 1. The fourth-order valence-corrected chi connectivity index (χ4v) is 1.46. The Morgan fingerprint density at radius 1 is 1.33 bits per heavy atom. The maximum absolute atomic E-state index is 11.2. The summed E-state index contributed by atoms with van der Waals surface area (Å²) in [4.78, 5) is 23.9. The van der Waals surface area contributed by atoms with Crippen LogP contribution < -0.4 is 4.90 Å². The summed E-state index contributed by atoms with van der Waals surface area (Å²) in [5.41, 5.74) is 1.27. The van der Waals surface area contributed by atoms with Gasteiger partial charge in [-0.2, -0.15) is 0 Å². The van der Waals surface area contributed by atoms with Gasteiger partial charge >= 0.3 is 5.97 Å². The molecule has 1 N–H and O–H groups in total. The van der Waals surface area contributed by atoms with Crippen molar-refractivity contribution >= 4 is 17.4 Å². The van der Waals surface area contributed by atoms with E-state index in [0.29, 0.717) is 5.56 Å². The number of benzene rings is 1. The van der Waals surface area contributed by atoms with Crippen LogP contribution >= 0.6 is 0 Å². The van der Waals surface area contributed by atoms with Crippen molar-refractivity contribution in [2.75, 3.05) is 25.6 Å². The number of rotatable bonds is 5. The first-order valence-corrected chi connectivity index (χ1v) is 5.53. The lowest BCUT2D eigenvalue weighted by Gasteiger charge is -2.21. The Morgan fingerprint density at radius 3 is 2.33 bits per heavy atom. The van der Waals surface area contributed by atoms with E-state index in [1.54, 1.807) is 36.2 Å². The third kappa shape index (κ3) is 3.56. The number of nitrogens with zero attached hydrogens (tertiary/aromatic N) is 1. The topological polar surface area (TPSA) is 66.8 Å². The molecule has 0 spiro atoms. The molecule has 0 saturated heterocycles. The molecule has 0 radical (unpaired) electrons. The number of aliphatic hydroxyl groups excluding tert-OH is 1. The van der Waals surface area contributed by atoms with Gasteiger partial charge in [0.05, 0.1) is 19.2 Å². The van der Waals surface area contributed by atoms with Crippen molar-refractivity contribution < 1.29 is 19.4 Å². The summed E-state index contributed by atoms with van der Waals surface area (Å²) in [6.07, 6.45) is -1.00. The minimum absolute atomic E-state index is 0.215. The molecular weight excluding hydrogens is 234 g/mol. The smallest absolute Gasteiger partial charge is 0.337 e. The molecule has 5 heteroatoms. The van der Waals surface area contributed by atoms with E-state index in [4.69, 9.17) is 0 Å². The van der Waals surface area contributed by atoms with Gasteiger partial charge in [-0.25, -0.2) is 4.79 Å². The van der Waals surface area contributed by atoms with Crippen molar-refractivity contribution in [1.82, 2.24) is 0 Å². The molecule has 1 rings (SSSR count). The second-order valence-corrected chi connectivity index (χ2v) is 4.05. The Labute approximate surface area is 106 Å². The van der Waals surface area contributed by atoms with Gasteiger partial charge in [-0.15, -0.1) is 0 Å². The van der Waals surface area contributed by atoms with Crippen LogP contribution in [-0.4, -0.2) is 43.7 Å². The number of hydrogen-bond donors (Lipinski definition) is 1. The maximum Gasteiger partial charge on any atom is 0.337 e. The fraction of sp³-hybridized carbons (Fsp3) is 0.385. The lowest BCUT2D eigenvalue weighted by molar-refractivity contribution is -0.124. The normalized spacial score (nSPS) is 11.8. The average molecular weight is 251 g/mol. The van der Waals surface area contributed by atoms with E-state index in [1.807, 2.05) is 0 Å². The second-order valence-electron chi connectivity index (χ2n) is 4.05. The molecule has 0 bridgehead atoms. The Balaban J connectivity index is 2.73. The van der Waals surface area contributed by atoms with E-state index >= 15 is 0 Å². The zero-order valence-corrected chi connectivity index (χ0v) is 10.7. The number of esters is 1. The highest BCUT2D eigenvalue weighted by atomic mass is 16.5. The first kappa shape index (κ1) is 14.2. The summed E-state index contributed by atoms with van der Waals surface area (Å²) < 4.78 is 4.60. The molecule has 0 aromatic heterocycles. The van der Waals surface area contributed by atoms with Gasteiger partial charge in [-0.3, -0.25) is 4.79 Å². The van der Waals surface area contributed by atoms with Crippen molar-refractivity contribution in [2.45, 2.75) is 13.0 Å².